The van der Waals surface area contributed by atoms with Crippen LogP contribution in [0.5, 0.6) is 0 Å². The summed E-state index contributed by atoms with van der Waals surface area (Å²) in [5, 5.41) is 23.8. The molecule has 6 amide bonds. The highest BCUT2D eigenvalue weighted by Gasteiger charge is 2.35. The van der Waals surface area contributed by atoms with E-state index in [2.05, 4.69) is 36.6 Å². The molecule has 0 unspecified atom stereocenters. The van der Waals surface area contributed by atoms with Crippen LogP contribution >= 0.6 is 0 Å². The molecule has 21 heteroatoms. The van der Waals surface area contributed by atoms with Crippen molar-refractivity contribution in [2.24, 2.45) is 33.7 Å². The Balaban J connectivity index is 1.73. The fraction of sp³-hybridized carbons (Fsp3) is 0.600. The zero-order chi connectivity index (χ0) is 44.9. The number of nitrogens with one attached hydrogen (secondary N) is 6. The molecular formula is C40H65N13O8. The highest BCUT2D eigenvalue weighted by molar-refractivity contribution is 5.97. The van der Waals surface area contributed by atoms with Crippen LogP contribution in [0.3, 0.4) is 0 Å². The Labute approximate surface area is 355 Å². The number of guanidine groups is 1. The molecule has 1 fully saturated rings. The molecular weight excluding hydrogens is 791 g/mol. The Kier molecular flexibility index (Phi) is 20.9. The van der Waals surface area contributed by atoms with Crippen molar-refractivity contribution in [1.29, 1.82) is 0 Å². The smallest absolute Gasteiger partial charge is 0.326 e. The molecule has 0 bridgehead atoms. The van der Waals surface area contributed by atoms with Crippen LogP contribution in [0.2, 0.25) is 0 Å². The van der Waals surface area contributed by atoms with Gasteiger partial charge >= 0.3 is 5.97 Å². The van der Waals surface area contributed by atoms with E-state index in [4.69, 9.17) is 28.7 Å². The van der Waals surface area contributed by atoms with Gasteiger partial charge in [-0.05, 0) is 102 Å². The second kappa shape index (κ2) is 25.7. The average Bonchev–Trinajstić information content (AvgIpc) is 3.65. The zero-order valence-electron chi connectivity index (χ0n) is 35.0. The van der Waals surface area contributed by atoms with E-state index in [1.165, 1.54) is 11.8 Å². The van der Waals surface area contributed by atoms with Gasteiger partial charge in [-0.1, -0.05) is 18.2 Å². The molecule has 1 aromatic heterocycles. The van der Waals surface area contributed by atoms with Crippen LogP contribution in [0.15, 0.2) is 35.5 Å². The molecule has 3 rings (SSSR count). The van der Waals surface area contributed by atoms with Crippen LogP contribution in [0, 0.1) is 0 Å². The number of aliphatic imine (C=N–C) groups is 1. The molecule has 17 N–H and O–H groups in total. The van der Waals surface area contributed by atoms with Crippen molar-refractivity contribution in [3.8, 4) is 0 Å². The minimum Gasteiger partial charge on any atom is -0.480 e. The van der Waals surface area contributed by atoms with Crippen molar-refractivity contribution < 1.29 is 38.7 Å². The highest BCUT2D eigenvalue weighted by Crippen LogP contribution is 2.20. The number of aromatic nitrogens is 1. The molecule has 21 nitrogen and oxygen atoms in total. The van der Waals surface area contributed by atoms with Gasteiger partial charge in [0, 0.05) is 36.6 Å². The first-order valence-electron chi connectivity index (χ1n) is 20.9. The number of para-hydroxylation sites is 1. The van der Waals surface area contributed by atoms with Crippen molar-refractivity contribution in [1.82, 2.24) is 36.5 Å². The lowest BCUT2D eigenvalue weighted by Crippen LogP contribution is -2.59. The molecule has 0 saturated carbocycles. The molecule has 1 aliphatic heterocycles. The van der Waals surface area contributed by atoms with Crippen LogP contribution in [-0.4, -0.2) is 131 Å². The third kappa shape index (κ3) is 16.3. The Morgan fingerprint density at radius 3 is 2.13 bits per heavy atom. The standard InChI is InChI=1S/C40H65N13O8/c1-24(49-38(59)32-16-6-9-20-53(32)33(54)23-48-35(56)27(43)12-10-19-46-40(44)45)34(55)52-31(21-25-22-47-28-13-3-2-11-26(25)28)37(58)50-29(14-4-7-17-41)36(57)51-30(39(60)61)15-5-8-18-42/h2-3,11,13,22,24,27,29-32,47H,4-10,12,14-21,23,41-43H2,1H3,(H,48,56)(H,49,59)(H,50,58)(H,51,57)(H,52,55)(H,60,61)(H4,44,45,46)/t24-,27-,29-,30-,31-,32-/m0/s1. The van der Waals surface area contributed by atoms with Crippen molar-refractivity contribution >= 4 is 58.3 Å². The first kappa shape index (κ1) is 49.6. The fourth-order valence-corrected chi connectivity index (χ4v) is 7.01. The minimum atomic E-state index is -1.25. The van der Waals surface area contributed by atoms with E-state index >= 15 is 0 Å². The lowest BCUT2D eigenvalue weighted by Gasteiger charge is -2.35. The van der Waals surface area contributed by atoms with Crippen molar-refractivity contribution in [2.75, 3.05) is 32.7 Å². The number of nitrogens with zero attached hydrogens (tertiary/aromatic N) is 2. The summed E-state index contributed by atoms with van der Waals surface area (Å²) in [6, 6.07) is 0.790. The van der Waals surface area contributed by atoms with E-state index in [9.17, 15) is 38.7 Å². The number of hydrogen-bond acceptors (Lipinski definition) is 11. The summed E-state index contributed by atoms with van der Waals surface area (Å²) < 4.78 is 0. The molecule has 6 atom stereocenters. The van der Waals surface area contributed by atoms with Gasteiger partial charge in [0.15, 0.2) is 5.96 Å². The fourth-order valence-electron chi connectivity index (χ4n) is 7.01. The maximum absolute atomic E-state index is 14.1. The number of benzene rings is 1. The molecule has 0 spiro atoms. The first-order valence-corrected chi connectivity index (χ1v) is 20.9. The van der Waals surface area contributed by atoms with Gasteiger partial charge in [0.1, 0.15) is 30.2 Å². The quantitative estimate of drug-likeness (QED) is 0.0274. The van der Waals surface area contributed by atoms with Crippen LogP contribution in [0.1, 0.15) is 83.1 Å². The number of hydrogen-bond donors (Lipinski definition) is 12. The van der Waals surface area contributed by atoms with Gasteiger partial charge in [0.05, 0.1) is 12.6 Å². The molecule has 1 saturated heterocycles. The number of aromatic amines is 1. The summed E-state index contributed by atoms with van der Waals surface area (Å²) in [6.07, 6.45) is 6.36. The summed E-state index contributed by atoms with van der Waals surface area (Å²) in [7, 11) is 0. The number of nitrogens with two attached hydrogens (primary N) is 5. The maximum atomic E-state index is 14.1. The number of H-pyrrole nitrogens is 1. The Hall–Kier alpha value is -5.80. The number of carboxylic acid groups (broad SMARTS) is 1. The average molecular weight is 856 g/mol. The highest BCUT2D eigenvalue weighted by atomic mass is 16.4. The number of fused-ring (bicyclic) bond motifs is 1. The summed E-state index contributed by atoms with van der Waals surface area (Å²) in [5.74, 6) is -5.04. The van der Waals surface area contributed by atoms with Crippen LogP contribution < -0.4 is 55.3 Å². The minimum absolute atomic E-state index is 0.00716. The number of carbonyl (C=O) groups excluding carboxylic acids is 6. The largest absolute Gasteiger partial charge is 0.480 e. The number of aliphatic carboxylic acids is 1. The van der Waals surface area contributed by atoms with Crippen molar-refractivity contribution in [2.45, 2.75) is 120 Å². The van der Waals surface area contributed by atoms with E-state index in [0.717, 1.165) is 10.9 Å². The van der Waals surface area contributed by atoms with Gasteiger partial charge in [-0.3, -0.25) is 33.8 Å². The molecule has 0 radical (unpaired) electrons. The molecule has 1 aromatic carbocycles. The zero-order valence-corrected chi connectivity index (χ0v) is 35.0. The Bertz CT molecular complexity index is 1820. The first-order chi connectivity index (χ1) is 29.2. The Morgan fingerprint density at radius 2 is 1.46 bits per heavy atom. The second-order valence-electron chi connectivity index (χ2n) is 15.3. The normalized spacial score (nSPS) is 16.3. The summed E-state index contributed by atoms with van der Waals surface area (Å²) >= 11 is 0. The molecule has 338 valence electrons. The predicted octanol–water partition coefficient (Wildman–Crippen LogP) is -2.11. The predicted molar refractivity (Wildman–Crippen MR) is 229 cm³/mol. The van der Waals surface area contributed by atoms with Gasteiger partial charge in [0.25, 0.3) is 0 Å². The lowest BCUT2D eigenvalue weighted by atomic mass is 10.0. The van der Waals surface area contributed by atoms with E-state index in [-0.39, 0.29) is 44.7 Å². The third-order valence-electron chi connectivity index (χ3n) is 10.5. The number of unbranched alkanes of at least 4 members (excludes halogenated alkanes) is 2. The van der Waals surface area contributed by atoms with Gasteiger partial charge in [-0.25, -0.2) is 4.79 Å². The summed E-state index contributed by atoms with van der Waals surface area (Å²) in [6.45, 7) is 2.31. The SMILES string of the molecule is C[C@H](NC(=O)[C@@H]1CCCCN1C(=O)CNC(=O)[C@@H](N)CCCN=C(N)N)C(=O)N[C@@H](Cc1c[nH]c2ccccc12)C(=O)N[C@@H](CCCCN)C(=O)N[C@@H](CCCCN)C(=O)O. The van der Waals surface area contributed by atoms with Gasteiger partial charge in [-0.2, -0.15) is 0 Å². The van der Waals surface area contributed by atoms with Gasteiger partial charge in [0.2, 0.25) is 35.4 Å². The topological polar surface area (TPSA) is 361 Å². The summed E-state index contributed by atoms with van der Waals surface area (Å²) in [5.41, 5.74) is 29.3. The number of amides is 6. The number of rotatable bonds is 26. The van der Waals surface area contributed by atoms with Crippen LogP contribution in [0.4, 0.5) is 0 Å². The van der Waals surface area contributed by atoms with Crippen molar-refractivity contribution in [3.05, 3.63) is 36.0 Å². The van der Waals surface area contributed by atoms with E-state index in [1.54, 1.807) is 6.20 Å². The maximum Gasteiger partial charge on any atom is 0.326 e. The van der Waals surface area contributed by atoms with E-state index < -0.39 is 77.7 Å². The lowest BCUT2D eigenvalue weighted by molar-refractivity contribution is -0.143. The molecule has 0 aliphatic carbocycles. The number of piperidine rings is 1. The van der Waals surface area contributed by atoms with Crippen LogP contribution in [0.25, 0.3) is 10.9 Å². The molecule has 2 aromatic rings. The number of likely N-dealkylation sites (tertiary alicyclic amines) is 1. The third-order valence-corrected chi connectivity index (χ3v) is 10.5. The van der Waals surface area contributed by atoms with E-state index in [1.807, 2.05) is 24.3 Å². The van der Waals surface area contributed by atoms with Crippen molar-refractivity contribution in [3.63, 3.8) is 0 Å². The second-order valence-corrected chi connectivity index (χ2v) is 15.3. The monoisotopic (exact) mass is 856 g/mol. The van der Waals surface area contributed by atoms with E-state index in [0.29, 0.717) is 76.6 Å². The molecule has 61 heavy (non-hydrogen) atoms. The van der Waals surface area contributed by atoms with Gasteiger partial charge < -0.3 is 70.2 Å². The Morgan fingerprint density at radius 1 is 0.820 bits per heavy atom. The van der Waals surface area contributed by atoms with Gasteiger partial charge in [-0.15, -0.1) is 0 Å². The summed E-state index contributed by atoms with van der Waals surface area (Å²) in [4.78, 5) is 101. The number of carbonyl (C=O) groups is 7. The number of carboxylic acids is 1. The molecule has 1 aliphatic rings. The van der Waals surface area contributed by atoms with Crippen LogP contribution in [-0.2, 0) is 40.0 Å². The molecule has 2 heterocycles.